The smallest absolute Gasteiger partial charge is 0.279 e. The van der Waals surface area contributed by atoms with Crippen LogP contribution in [-0.4, -0.2) is 82.1 Å². The zero-order chi connectivity index (χ0) is 28.3. The van der Waals surface area contributed by atoms with Crippen LogP contribution in [0.3, 0.4) is 0 Å². The molecule has 1 aromatic carbocycles. The predicted octanol–water partition coefficient (Wildman–Crippen LogP) is 2.90. The molecular formula is C28H35N7O4S. The monoisotopic (exact) mass is 565 g/mol. The Morgan fingerprint density at radius 1 is 1.05 bits per heavy atom. The molecule has 1 unspecified atom stereocenters. The van der Waals surface area contributed by atoms with Crippen molar-refractivity contribution in [2.24, 2.45) is 0 Å². The second-order valence-electron chi connectivity index (χ2n) is 9.78. The first-order valence-corrected chi connectivity index (χ1v) is 15.2. The minimum atomic E-state index is -3.77. The van der Waals surface area contributed by atoms with Crippen molar-refractivity contribution >= 4 is 21.1 Å². The normalized spacial score (nSPS) is 15.9. The lowest BCUT2D eigenvalue weighted by molar-refractivity contribution is 0.196. The minimum absolute atomic E-state index is 0.165. The van der Waals surface area contributed by atoms with Crippen LogP contribution in [-0.2, 0) is 16.4 Å². The number of benzene rings is 1. The molecule has 1 aliphatic rings. The lowest BCUT2D eigenvalue weighted by Gasteiger charge is -2.33. The van der Waals surface area contributed by atoms with Crippen LogP contribution in [0.25, 0.3) is 11.0 Å². The van der Waals surface area contributed by atoms with Crippen LogP contribution in [0.5, 0.6) is 5.75 Å². The highest BCUT2D eigenvalue weighted by Crippen LogP contribution is 2.37. The van der Waals surface area contributed by atoms with Gasteiger partial charge in [0.1, 0.15) is 17.1 Å². The van der Waals surface area contributed by atoms with Gasteiger partial charge in [-0.3, -0.25) is 14.9 Å². The Labute approximate surface area is 233 Å². The Morgan fingerprint density at radius 3 is 2.52 bits per heavy atom. The lowest BCUT2D eigenvalue weighted by Crippen LogP contribution is -2.48. The lowest BCUT2D eigenvalue weighted by atomic mass is 9.93. The molecule has 3 aromatic heterocycles. The maximum atomic E-state index is 13.8. The van der Waals surface area contributed by atoms with Gasteiger partial charge in [-0.05, 0) is 49.7 Å². The number of ether oxygens (including phenoxy) is 1. The Kier molecular flexibility index (Phi) is 8.29. The molecule has 2 N–H and O–H groups in total. The fraction of sp³-hybridized carbons (Fsp3) is 0.429. The van der Waals surface area contributed by atoms with Crippen molar-refractivity contribution in [1.29, 1.82) is 0 Å². The molecule has 4 heterocycles. The van der Waals surface area contributed by atoms with Gasteiger partial charge in [0, 0.05) is 37.9 Å². The molecule has 0 radical (unpaired) electrons. The molecule has 1 saturated heterocycles. The number of aromatic amines is 2. The molecule has 1 atom stereocenters. The molecule has 1 fully saturated rings. The molecule has 0 spiro atoms. The summed E-state index contributed by atoms with van der Waals surface area (Å²) in [6, 6.07) is 10.4. The number of hydrogen-bond acceptors (Lipinski definition) is 8. The van der Waals surface area contributed by atoms with Crippen LogP contribution < -0.4 is 10.3 Å². The van der Waals surface area contributed by atoms with Crippen molar-refractivity contribution < 1.29 is 13.2 Å². The van der Waals surface area contributed by atoms with Crippen molar-refractivity contribution in [3.05, 3.63) is 75.7 Å². The number of pyridine rings is 1. The van der Waals surface area contributed by atoms with Crippen LogP contribution >= 0.6 is 0 Å². The van der Waals surface area contributed by atoms with Gasteiger partial charge >= 0.3 is 0 Å². The molecule has 0 saturated carbocycles. The van der Waals surface area contributed by atoms with Gasteiger partial charge in [-0.2, -0.15) is 9.40 Å². The fourth-order valence-electron chi connectivity index (χ4n) is 5.04. The molecule has 40 heavy (non-hydrogen) atoms. The number of H-pyrrole nitrogens is 2. The third-order valence-corrected chi connectivity index (χ3v) is 9.18. The highest BCUT2D eigenvalue weighted by atomic mass is 32.2. The quantitative estimate of drug-likeness (QED) is 0.300. The molecule has 212 valence electrons. The second kappa shape index (κ2) is 11.9. The number of sulfonamides is 1. The summed E-state index contributed by atoms with van der Waals surface area (Å²) in [5, 5.41) is 7.04. The van der Waals surface area contributed by atoms with E-state index >= 15 is 0 Å². The summed E-state index contributed by atoms with van der Waals surface area (Å²) in [5.74, 6) is 0.148. The predicted molar refractivity (Wildman–Crippen MR) is 152 cm³/mol. The summed E-state index contributed by atoms with van der Waals surface area (Å²) >= 11 is 0. The third kappa shape index (κ3) is 5.38. The first kappa shape index (κ1) is 27.9. The number of fused-ring (bicyclic) bond motifs is 1. The molecule has 4 aromatic rings. The second-order valence-corrected chi connectivity index (χ2v) is 11.7. The Morgan fingerprint density at radius 2 is 1.85 bits per heavy atom. The van der Waals surface area contributed by atoms with Gasteiger partial charge in [0.05, 0.1) is 28.8 Å². The molecule has 0 bridgehead atoms. The van der Waals surface area contributed by atoms with E-state index in [-0.39, 0.29) is 16.0 Å². The number of nitrogens with zero attached hydrogens (tertiary/aromatic N) is 5. The van der Waals surface area contributed by atoms with Gasteiger partial charge in [0.2, 0.25) is 10.0 Å². The molecule has 1 aliphatic heterocycles. The number of aromatic nitrogens is 5. The summed E-state index contributed by atoms with van der Waals surface area (Å²) in [5.41, 5.74) is 2.22. The summed E-state index contributed by atoms with van der Waals surface area (Å²) in [6.45, 7) is 9.59. The van der Waals surface area contributed by atoms with Crippen molar-refractivity contribution in [1.82, 2.24) is 34.4 Å². The van der Waals surface area contributed by atoms with E-state index in [1.54, 1.807) is 30.5 Å². The average Bonchev–Trinajstić information content (AvgIpc) is 3.41. The van der Waals surface area contributed by atoms with Crippen LogP contribution in [0, 0.1) is 0 Å². The largest absolute Gasteiger partial charge is 0.493 e. The third-order valence-electron chi connectivity index (χ3n) is 7.28. The van der Waals surface area contributed by atoms with Crippen LogP contribution in [0.4, 0.5) is 0 Å². The average molecular weight is 566 g/mol. The summed E-state index contributed by atoms with van der Waals surface area (Å²) in [6.07, 6.45) is 3.05. The molecular weight excluding hydrogens is 530 g/mol. The van der Waals surface area contributed by atoms with Gasteiger partial charge in [-0.25, -0.2) is 13.4 Å². The van der Waals surface area contributed by atoms with Crippen LogP contribution in [0.1, 0.15) is 55.9 Å². The number of nitrogens with one attached hydrogen (secondary N) is 2. The molecule has 0 aliphatic carbocycles. The van der Waals surface area contributed by atoms with Gasteiger partial charge < -0.3 is 14.6 Å². The van der Waals surface area contributed by atoms with E-state index < -0.39 is 15.9 Å². The highest BCUT2D eigenvalue weighted by molar-refractivity contribution is 7.89. The molecule has 5 rings (SSSR count). The van der Waals surface area contributed by atoms with E-state index in [4.69, 9.17) is 9.72 Å². The SMILES string of the molecule is CCCOc1ccc(S(=O)(=O)N2CCN(CC)CC2)cc1C(c1ccccn1)c1nc2c(CC)[nH]nc2c(=O)[nH]1. The van der Waals surface area contributed by atoms with E-state index in [1.165, 1.54) is 4.31 Å². The van der Waals surface area contributed by atoms with Crippen LogP contribution in [0.2, 0.25) is 0 Å². The Hall–Kier alpha value is -3.61. The Balaban J connectivity index is 1.68. The van der Waals surface area contributed by atoms with Crippen molar-refractivity contribution in [2.75, 3.05) is 39.3 Å². The van der Waals surface area contributed by atoms with E-state index in [1.807, 2.05) is 26.0 Å². The minimum Gasteiger partial charge on any atom is -0.493 e. The summed E-state index contributed by atoms with van der Waals surface area (Å²) < 4.78 is 35.2. The van der Waals surface area contributed by atoms with E-state index in [0.29, 0.717) is 67.6 Å². The van der Waals surface area contributed by atoms with Crippen molar-refractivity contribution in [3.63, 3.8) is 0 Å². The zero-order valence-electron chi connectivity index (χ0n) is 23.1. The topological polar surface area (TPSA) is 137 Å². The number of rotatable bonds is 10. The van der Waals surface area contributed by atoms with Crippen LogP contribution in [0.15, 0.2) is 52.3 Å². The van der Waals surface area contributed by atoms with Gasteiger partial charge in [-0.15, -0.1) is 0 Å². The van der Waals surface area contributed by atoms with Gasteiger partial charge in [0.25, 0.3) is 5.56 Å². The molecule has 11 nitrogen and oxygen atoms in total. The number of hydrogen-bond donors (Lipinski definition) is 2. The first-order valence-electron chi connectivity index (χ1n) is 13.7. The zero-order valence-corrected chi connectivity index (χ0v) is 23.9. The Bertz CT molecular complexity index is 1630. The maximum absolute atomic E-state index is 13.8. The van der Waals surface area contributed by atoms with E-state index in [9.17, 15) is 13.2 Å². The van der Waals surface area contributed by atoms with Crippen molar-refractivity contribution in [2.45, 2.75) is 44.4 Å². The van der Waals surface area contributed by atoms with Crippen molar-refractivity contribution in [3.8, 4) is 5.75 Å². The fourth-order valence-corrected chi connectivity index (χ4v) is 6.50. The number of likely N-dealkylation sites (N-methyl/N-ethyl adjacent to an activating group) is 1. The summed E-state index contributed by atoms with van der Waals surface area (Å²) in [7, 11) is -3.77. The first-order chi connectivity index (χ1) is 19.4. The van der Waals surface area contributed by atoms with Gasteiger partial charge in [0.15, 0.2) is 5.52 Å². The number of piperazine rings is 1. The van der Waals surface area contributed by atoms with Gasteiger partial charge in [-0.1, -0.05) is 26.8 Å². The number of aryl methyl sites for hydroxylation is 1. The van der Waals surface area contributed by atoms with E-state index in [0.717, 1.165) is 18.7 Å². The standard InChI is InChI=1S/C28H35N7O4S/c1-4-17-39-23-11-10-19(40(37,38)35-15-13-34(6-3)14-16-35)18-20(23)24(22-9-7-8-12-29-22)27-30-25-21(5-2)32-33-26(25)28(36)31-27/h7-12,18,24H,4-6,13-17H2,1-3H3,(H,32,33)(H,30,31,36). The summed E-state index contributed by atoms with van der Waals surface area (Å²) in [4.78, 5) is 27.8. The highest BCUT2D eigenvalue weighted by Gasteiger charge is 2.32. The van der Waals surface area contributed by atoms with E-state index in [2.05, 4.69) is 32.0 Å². The maximum Gasteiger partial charge on any atom is 0.279 e. The molecule has 12 heteroatoms. The molecule has 0 amide bonds.